The number of quaternary nitrogens is 2. The average Bonchev–Trinajstić information content (AvgIpc) is 2.85. The number of amidine groups is 1. The number of hydrogen-bond acceptors (Lipinski definition) is 2. The first-order chi connectivity index (χ1) is 7.21. The van der Waals surface area contributed by atoms with Crippen molar-refractivity contribution >= 4 is 12.2 Å². The molecule has 0 amide bonds. The Labute approximate surface area is 90.7 Å². The fraction of sp³-hybridized carbons (Fsp3) is 0.455. The van der Waals surface area contributed by atoms with Crippen LogP contribution in [-0.4, -0.2) is 47.5 Å². The Balaban J connectivity index is 2.50. The Morgan fingerprint density at radius 1 is 1.27 bits per heavy atom. The molecule has 0 radical (unpaired) electrons. The highest BCUT2D eigenvalue weighted by atomic mass is 15.9. The van der Waals surface area contributed by atoms with Crippen LogP contribution in [0.4, 0.5) is 0 Å². The molecule has 0 aromatic heterocycles. The fourth-order valence-corrected chi connectivity index (χ4v) is 2.51. The molecule has 4 heteroatoms. The molecule has 2 heterocycles. The second-order valence-corrected chi connectivity index (χ2v) is 3.98. The summed E-state index contributed by atoms with van der Waals surface area (Å²) in [6.45, 7) is 13.6. The second-order valence-electron chi connectivity index (χ2n) is 3.98. The molecule has 2 rings (SSSR count). The van der Waals surface area contributed by atoms with Gasteiger partial charge in [-0.05, 0) is 13.2 Å². The van der Waals surface area contributed by atoms with E-state index >= 15 is 0 Å². The maximum atomic E-state index is 4.49. The minimum absolute atomic E-state index is 0.624. The molecule has 0 aromatic carbocycles. The van der Waals surface area contributed by atoms with Gasteiger partial charge >= 0.3 is 0 Å². The molecule has 0 fully saturated rings. The minimum atomic E-state index is 0.624. The molecular weight excluding hydrogens is 188 g/mol. The first-order valence-corrected chi connectivity index (χ1v) is 5.26. The molecule has 2 unspecified atom stereocenters. The maximum absolute atomic E-state index is 4.49. The van der Waals surface area contributed by atoms with E-state index in [1.807, 2.05) is 18.7 Å². The number of aliphatic imine (C=N–C) groups is 2. The van der Waals surface area contributed by atoms with Gasteiger partial charge in [-0.15, -0.1) is 0 Å². The number of nitrogens with zero attached hydrogens (tertiary/aromatic N) is 4. The summed E-state index contributed by atoms with van der Waals surface area (Å²) in [6.07, 6.45) is 5.88. The van der Waals surface area contributed by atoms with Gasteiger partial charge in [0.1, 0.15) is 12.4 Å². The number of rotatable bonds is 3. The SMILES string of the molecule is C=C[N+]1([N+]2(C=C)CCN=C2C)C=NCC1. The van der Waals surface area contributed by atoms with Crippen LogP contribution in [0.25, 0.3) is 0 Å². The van der Waals surface area contributed by atoms with Gasteiger partial charge in [0.05, 0.1) is 13.1 Å². The molecule has 0 saturated heterocycles. The van der Waals surface area contributed by atoms with Crippen LogP contribution in [0, 0.1) is 0 Å². The van der Waals surface area contributed by atoms with Crippen molar-refractivity contribution in [1.29, 1.82) is 0 Å². The summed E-state index contributed by atoms with van der Waals surface area (Å²) in [5.41, 5.74) is 0. The second kappa shape index (κ2) is 3.40. The van der Waals surface area contributed by atoms with Gasteiger partial charge in [0.25, 0.3) is 0 Å². The Morgan fingerprint density at radius 3 is 2.47 bits per heavy atom. The quantitative estimate of drug-likeness (QED) is 0.622. The lowest BCUT2D eigenvalue weighted by molar-refractivity contribution is -1.37. The van der Waals surface area contributed by atoms with Gasteiger partial charge < -0.3 is 0 Å². The maximum Gasteiger partial charge on any atom is 0.249 e. The van der Waals surface area contributed by atoms with E-state index in [9.17, 15) is 0 Å². The topological polar surface area (TPSA) is 24.7 Å². The molecular formula is C11H18N4+2. The Hall–Kier alpha value is -1.26. The summed E-state index contributed by atoms with van der Waals surface area (Å²) in [6, 6.07) is 0. The molecule has 0 bridgehead atoms. The van der Waals surface area contributed by atoms with E-state index in [1.54, 1.807) is 0 Å². The van der Waals surface area contributed by atoms with E-state index in [4.69, 9.17) is 0 Å². The lowest BCUT2D eigenvalue weighted by Crippen LogP contribution is -2.67. The highest BCUT2D eigenvalue weighted by Crippen LogP contribution is 2.29. The Bertz CT molecular complexity index is 358. The Kier molecular flexibility index (Phi) is 2.32. The molecule has 0 N–H and O–H groups in total. The third-order valence-electron chi connectivity index (χ3n) is 3.49. The zero-order chi connectivity index (χ0) is 10.9. The van der Waals surface area contributed by atoms with Crippen LogP contribution in [0.15, 0.2) is 35.5 Å². The van der Waals surface area contributed by atoms with E-state index in [0.717, 1.165) is 32.0 Å². The van der Waals surface area contributed by atoms with Crippen molar-refractivity contribution in [2.24, 2.45) is 9.98 Å². The van der Waals surface area contributed by atoms with Crippen molar-refractivity contribution in [2.75, 3.05) is 26.2 Å². The van der Waals surface area contributed by atoms with Crippen molar-refractivity contribution < 1.29 is 9.18 Å². The normalized spacial score (nSPS) is 39.1. The summed E-state index contributed by atoms with van der Waals surface area (Å²) in [4.78, 5) is 8.83. The van der Waals surface area contributed by atoms with Crippen LogP contribution in [-0.2, 0) is 0 Å². The fourth-order valence-electron chi connectivity index (χ4n) is 2.51. The summed E-state index contributed by atoms with van der Waals surface area (Å²) in [5, 5.41) is 0. The molecule has 0 spiro atoms. The van der Waals surface area contributed by atoms with Crippen LogP contribution < -0.4 is 0 Å². The van der Waals surface area contributed by atoms with Crippen LogP contribution in [0.5, 0.6) is 0 Å². The van der Waals surface area contributed by atoms with E-state index in [1.165, 1.54) is 0 Å². The largest absolute Gasteiger partial charge is 0.249 e. The molecule has 0 aromatic rings. The average molecular weight is 206 g/mol. The third-order valence-corrected chi connectivity index (χ3v) is 3.49. The molecule has 15 heavy (non-hydrogen) atoms. The monoisotopic (exact) mass is 206 g/mol. The van der Waals surface area contributed by atoms with Gasteiger partial charge in [-0.3, -0.25) is 0 Å². The molecule has 0 saturated carbocycles. The van der Waals surface area contributed by atoms with Crippen molar-refractivity contribution in [3.05, 3.63) is 25.6 Å². The molecule has 2 aliphatic heterocycles. The van der Waals surface area contributed by atoms with E-state index in [0.29, 0.717) is 9.18 Å². The highest BCUT2D eigenvalue weighted by Gasteiger charge is 2.53. The predicted molar refractivity (Wildman–Crippen MR) is 62.0 cm³/mol. The molecule has 2 aliphatic rings. The van der Waals surface area contributed by atoms with E-state index < -0.39 is 0 Å². The van der Waals surface area contributed by atoms with Crippen LogP contribution >= 0.6 is 0 Å². The van der Waals surface area contributed by atoms with Crippen molar-refractivity contribution in [2.45, 2.75) is 6.92 Å². The molecule has 80 valence electrons. The van der Waals surface area contributed by atoms with Gasteiger partial charge in [-0.1, -0.05) is 9.18 Å². The van der Waals surface area contributed by atoms with Crippen LogP contribution in [0.2, 0.25) is 0 Å². The lowest BCUT2D eigenvalue weighted by atomic mass is 10.4. The lowest BCUT2D eigenvalue weighted by Gasteiger charge is -2.40. The van der Waals surface area contributed by atoms with Gasteiger partial charge in [0.15, 0.2) is 13.1 Å². The molecule has 2 atom stereocenters. The number of hydrogen-bond donors (Lipinski definition) is 0. The smallest absolute Gasteiger partial charge is 0.231 e. The van der Waals surface area contributed by atoms with E-state index in [-0.39, 0.29) is 0 Å². The zero-order valence-corrected chi connectivity index (χ0v) is 9.26. The summed E-state index contributed by atoms with van der Waals surface area (Å²) < 4.78 is 1.27. The zero-order valence-electron chi connectivity index (χ0n) is 9.26. The molecule has 4 nitrogen and oxygen atoms in total. The van der Waals surface area contributed by atoms with E-state index in [2.05, 4.69) is 30.1 Å². The van der Waals surface area contributed by atoms with Gasteiger partial charge in [0, 0.05) is 6.92 Å². The first-order valence-electron chi connectivity index (χ1n) is 5.26. The van der Waals surface area contributed by atoms with Gasteiger partial charge in [-0.2, -0.15) is 0 Å². The van der Waals surface area contributed by atoms with Crippen molar-refractivity contribution in [1.82, 2.24) is 0 Å². The minimum Gasteiger partial charge on any atom is -0.231 e. The standard InChI is InChI=1S/C11H18N4/c1-4-14(8-6-12-10-14)15(5-2)9-7-13-11(15)3/h4-5,10H,1-2,6-9H2,3H3/q+2. The van der Waals surface area contributed by atoms with Crippen LogP contribution in [0.3, 0.4) is 0 Å². The van der Waals surface area contributed by atoms with Gasteiger partial charge in [-0.25, -0.2) is 9.98 Å². The molecule has 0 aliphatic carbocycles. The first kappa shape index (κ1) is 10.3. The predicted octanol–water partition coefficient (Wildman–Crippen LogP) is 1.30. The summed E-state index contributed by atoms with van der Waals surface area (Å²) in [5.74, 6) is 1.10. The third kappa shape index (κ3) is 1.15. The highest BCUT2D eigenvalue weighted by molar-refractivity contribution is 5.74. The Morgan fingerprint density at radius 2 is 2.07 bits per heavy atom. The van der Waals surface area contributed by atoms with Crippen molar-refractivity contribution in [3.63, 3.8) is 0 Å². The summed E-state index contributed by atoms with van der Waals surface area (Å²) in [7, 11) is 0. The van der Waals surface area contributed by atoms with Crippen LogP contribution in [0.1, 0.15) is 6.92 Å². The van der Waals surface area contributed by atoms with Gasteiger partial charge in [0.2, 0.25) is 12.2 Å². The summed E-state index contributed by atoms with van der Waals surface area (Å²) >= 11 is 0. The van der Waals surface area contributed by atoms with Crippen molar-refractivity contribution in [3.8, 4) is 0 Å².